The van der Waals surface area contributed by atoms with Crippen molar-refractivity contribution in [3.63, 3.8) is 0 Å². The number of fused-ring (bicyclic) bond motifs is 3. The van der Waals surface area contributed by atoms with Gasteiger partial charge in [0.15, 0.2) is 11.6 Å². The molecule has 1 N–H and O–H groups in total. The van der Waals surface area contributed by atoms with Gasteiger partial charge in [0.1, 0.15) is 5.75 Å². The van der Waals surface area contributed by atoms with Crippen LogP contribution in [0.25, 0.3) is 11.5 Å². The molecule has 5 aliphatic carbocycles. The van der Waals surface area contributed by atoms with Gasteiger partial charge in [0, 0.05) is 40.7 Å². The third kappa shape index (κ3) is 5.06. The molecule has 0 radical (unpaired) electrons. The fourth-order valence-electron chi connectivity index (χ4n) is 6.93. The van der Waals surface area contributed by atoms with Crippen molar-refractivity contribution in [3.05, 3.63) is 66.1 Å². The first-order valence-electron chi connectivity index (χ1n) is 15.5. The molecule has 43 heavy (non-hydrogen) atoms. The van der Waals surface area contributed by atoms with E-state index in [4.69, 9.17) is 18.8 Å². The zero-order chi connectivity index (χ0) is 29.0. The van der Waals surface area contributed by atoms with Gasteiger partial charge in [0.25, 0.3) is 5.89 Å². The first-order valence-corrected chi connectivity index (χ1v) is 15.5. The summed E-state index contributed by atoms with van der Waals surface area (Å²) in [6.07, 6.45) is 10.6. The summed E-state index contributed by atoms with van der Waals surface area (Å²) < 4.78 is 16.8. The molecule has 0 spiro atoms. The van der Waals surface area contributed by atoms with E-state index in [0.29, 0.717) is 30.0 Å². The molecule has 0 aliphatic heterocycles. The lowest BCUT2D eigenvalue weighted by Crippen LogP contribution is -2.51. The smallest absolute Gasteiger partial charge is 0.326 e. The van der Waals surface area contributed by atoms with Crippen molar-refractivity contribution in [2.24, 2.45) is 5.41 Å². The zero-order valence-electron chi connectivity index (χ0n) is 24.4. The van der Waals surface area contributed by atoms with Crippen LogP contribution in [0.2, 0.25) is 0 Å². The van der Waals surface area contributed by atoms with E-state index in [2.05, 4.69) is 20.6 Å². The van der Waals surface area contributed by atoms with E-state index in [1.807, 2.05) is 53.4 Å². The van der Waals surface area contributed by atoms with Gasteiger partial charge >= 0.3 is 6.03 Å². The molecule has 5 fully saturated rings. The summed E-state index contributed by atoms with van der Waals surface area (Å²) >= 11 is 0. The van der Waals surface area contributed by atoms with E-state index in [0.717, 1.165) is 85.9 Å². The molecule has 2 heterocycles. The maximum Gasteiger partial charge on any atom is 0.326 e. The van der Waals surface area contributed by atoms with Gasteiger partial charge in [0.05, 0.1) is 7.11 Å². The number of amides is 2. The minimum Gasteiger partial charge on any atom is -0.497 e. The monoisotopic (exact) mass is 580 g/mol. The van der Waals surface area contributed by atoms with Crippen molar-refractivity contribution in [3.8, 4) is 17.2 Å². The lowest BCUT2D eigenvalue weighted by Gasteiger charge is -2.53. The van der Waals surface area contributed by atoms with Gasteiger partial charge in [0.2, 0.25) is 5.89 Å². The molecular weight excluding hydrogens is 544 g/mol. The lowest BCUT2D eigenvalue weighted by molar-refractivity contribution is 0.0290. The first kappa shape index (κ1) is 26.4. The van der Waals surface area contributed by atoms with Crippen molar-refractivity contribution in [2.75, 3.05) is 23.9 Å². The molecule has 2 aromatic carbocycles. The maximum absolute atomic E-state index is 14.0. The fraction of sp³-hybridized carbons (Fsp3) is 0.485. The van der Waals surface area contributed by atoms with Gasteiger partial charge in [-0.15, -0.1) is 0 Å². The molecule has 2 bridgehead atoms. The van der Waals surface area contributed by atoms with Crippen molar-refractivity contribution >= 4 is 17.4 Å². The predicted octanol–water partition coefficient (Wildman–Crippen LogP) is 7.21. The number of urea groups is 1. The Bertz CT molecular complexity index is 1610. The van der Waals surface area contributed by atoms with Gasteiger partial charge in [-0.3, -0.25) is 4.90 Å². The number of ether oxygens (including phenoxy) is 1. The molecule has 0 saturated heterocycles. The van der Waals surface area contributed by atoms with Gasteiger partial charge in [-0.2, -0.15) is 9.97 Å². The van der Waals surface area contributed by atoms with Crippen molar-refractivity contribution < 1.29 is 18.6 Å². The number of benzene rings is 2. The molecule has 2 amide bonds. The van der Waals surface area contributed by atoms with Crippen LogP contribution in [-0.2, 0) is 5.41 Å². The summed E-state index contributed by atoms with van der Waals surface area (Å²) in [6, 6.07) is 15.1. The highest BCUT2D eigenvalue weighted by Gasteiger charge is 2.53. The number of nitrogens with zero attached hydrogens (tertiary/aromatic N) is 5. The number of carbonyl (C=O) groups excluding carboxylic acids is 1. The van der Waals surface area contributed by atoms with Crippen LogP contribution in [0.4, 0.5) is 16.2 Å². The fourth-order valence-corrected chi connectivity index (χ4v) is 6.93. The highest BCUT2D eigenvalue weighted by atomic mass is 16.5. The molecule has 0 unspecified atom stereocenters. The molecular formula is C33H36N6O4. The highest BCUT2D eigenvalue weighted by molar-refractivity contribution is 6.02. The third-order valence-electron chi connectivity index (χ3n) is 10.1. The Morgan fingerprint density at radius 3 is 2.26 bits per heavy atom. The number of rotatable bonds is 9. The SMILES string of the molecule is COc1ccc(NC(=O)N(CC23CCC(c4nc(C5CC5)no4)(CC2)CC3)c2cccc(-c3nc(C4CC4)no3)c2)cc1. The molecule has 5 aliphatic rings. The average molecular weight is 581 g/mol. The summed E-state index contributed by atoms with van der Waals surface area (Å²) in [6.45, 7) is 0.614. The Hall–Kier alpha value is -4.21. The van der Waals surface area contributed by atoms with E-state index in [1.165, 1.54) is 12.8 Å². The number of carbonyl (C=O) groups is 1. The van der Waals surface area contributed by atoms with Crippen LogP contribution in [0.3, 0.4) is 0 Å². The molecule has 10 heteroatoms. The molecule has 222 valence electrons. The molecule has 0 atom stereocenters. The Morgan fingerprint density at radius 1 is 0.907 bits per heavy atom. The highest BCUT2D eigenvalue weighted by Crippen LogP contribution is 2.58. The number of aromatic nitrogens is 4. The van der Waals surface area contributed by atoms with Crippen LogP contribution >= 0.6 is 0 Å². The minimum absolute atomic E-state index is 0.0119. The van der Waals surface area contributed by atoms with Crippen LogP contribution in [0.5, 0.6) is 5.75 Å². The standard InChI is InChI=1S/C33H36N6O4/c1-41-26-11-9-24(10-12-26)34-31(40)39(25-4-2-3-23(19-25)29-35-27(37-42-29)21-5-6-21)20-32-13-16-33(17-14-32,18-15-32)30-36-28(38-43-30)22-7-8-22/h2-4,9-12,19,21-22H,5-8,13-18,20H2,1H3,(H,34,40). The largest absolute Gasteiger partial charge is 0.497 e. The molecule has 5 saturated carbocycles. The summed E-state index contributed by atoms with van der Waals surface area (Å²) in [7, 11) is 1.63. The second kappa shape index (κ2) is 10.2. The molecule has 9 rings (SSSR count). The van der Waals surface area contributed by atoms with E-state index in [1.54, 1.807) is 7.11 Å². The average Bonchev–Trinajstić information content (AvgIpc) is 3.99. The third-order valence-corrected chi connectivity index (χ3v) is 10.1. The normalized spacial score (nSPS) is 24.6. The van der Waals surface area contributed by atoms with Gasteiger partial charge < -0.3 is 19.1 Å². The Morgan fingerprint density at radius 2 is 1.58 bits per heavy atom. The number of hydrogen-bond donors (Lipinski definition) is 1. The van der Waals surface area contributed by atoms with Crippen molar-refractivity contribution in [1.29, 1.82) is 0 Å². The van der Waals surface area contributed by atoms with Gasteiger partial charge in [-0.1, -0.05) is 16.4 Å². The number of hydrogen-bond acceptors (Lipinski definition) is 8. The molecule has 10 nitrogen and oxygen atoms in total. The Balaban J connectivity index is 1.06. The first-order chi connectivity index (χ1) is 21.0. The summed E-state index contributed by atoms with van der Waals surface area (Å²) in [5, 5.41) is 11.6. The Labute approximate surface area is 250 Å². The van der Waals surface area contributed by atoms with Crippen LogP contribution in [0.1, 0.15) is 93.6 Å². The van der Waals surface area contributed by atoms with E-state index < -0.39 is 0 Å². The van der Waals surface area contributed by atoms with Crippen molar-refractivity contribution in [2.45, 2.75) is 81.5 Å². The number of methoxy groups -OCH3 is 1. The quantitative estimate of drug-likeness (QED) is 0.220. The summed E-state index contributed by atoms with van der Waals surface area (Å²) in [5.74, 6) is 4.61. The number of nitrogens with one attached hydrogen (secondary N) is 1. The molecule has 4 aromatic rings. The lowest BCUT2D eigenvalue weighted by atomic mass is 9.53. The molecule has 2 aromatic heterocycles. The minimum atomic E-state index is -0.172. The Kier molecular flexibility index (Phi) is 6.27. The van der Waals surface area contributed by atoms with Gasteiger partial charge in [-0.25, -0.2) is 4.79 Å². The maximum atomic E-state index is 14.0. The zero-order valence-corrected chi connectivity index (χ0v) is 24.4. The summed E-state index contributed by atoms with van der Waals surface area (Å²) in [5.41, 5.74) is 2.31. The van der Waals surface area contributed by atoms with Crippen LogP contribution in [-0.4, -0.2) is 40.0 Å². The van der Waals surface area contributed by atoms with Crippen LogP contribution < -0.4 is 15.0 Å². The van der Waals surface area contributed by atoms with E-state index in [9.17, 15) is 4.79 Å². The van der Waals surface area contributed by atoms with Crippen LogP contribution in [0.15, 0.2) is 57.6 Å². The van der Waals surface area contributed by atoms with E-state index >= 15 is 0 Å². The predicted molar refractivity (Wildman–Crippen MR) is 159 cm³/mol. The topological polar surface area (TPSA) is 119 Å². The summed E-state index contributed by atoms with van der Waals surface area (Å²) in [4.78, 5) is 25.4. The van der Waals surface area contributed by atoms with Crippen LogP contribution in [0, 0.1) is 5.41 Å². The second-order valence-corrected chi connectivity index (χ2v) is 13.0. The van der Waals surface area contributed by atoms with Gasteiger partial charge in [-0.05, 0) is 112 Å². The van der Waals surface area contributed by atoms with Crippen molar-refractivity contribution in [1.82, 2.24) is 20.3 Å². The second-order valence-electron chi connectivity index (χ2n) is 13.0. The van der Waals surface area contributed by atoms with E-state index in [-0.39, 0.29) is 16.9 Å². The number of anilines is 2.